The third kappa shape index (κ3) is 2.32. The Morgan fingerprint density at radius 1 is 1.43 bits per heavy atom. The van der Waals surface area contributed by atoms with E-state index in [-0.39, 0.29) is 30.9 Å². The highest BCUT2D eigenvalue weighted by Crippen LogP contribution is 2.15. The number of aliphatic carboxylic acids is 2. The molecule has 6 nitrogen and oxygen atoms in total. The topological polar surface area (TPSA) is 94.9 Å². The summed E-state index contributed by atoms with van der Waals surface area (Å²) >= 11 is 0. The van der Waals surface area contributed by atoms with E-state index in [0.717, 1.165) is 4.90 Å². The summed E-state index contributed by atoms with van der Waals surface area (Å²) in [6.45, 7) is 0.0188. The average molecular weight is 199 g/mol. The van der Waals surface area contributed by atoms with Gasteiger partial charge in [-0.15, -0.1) is 0 Å². The first-order valence-electron chi connectivity index (χ1n) is 3.96. The fourth-order valence-corrected chi connectivity index (χ4v) is 1.11. The van der Waals surface area contributed by atoms with Gasteiger partial charge in [0.05, 0.1) is 18.4 Å². The molecule has 1 heterocycles. The minimum Gasteiger partial charge on any atom is -0.481 e. The molecule has 0 fully saturated rings. The van der Waals surface area contributed by atoms with Gasteiger partial charge in [0.25, 0.3) is 0 Å². The largest absolute Gasteiger partial charge is 0.481 e. The lowest BCUT2D eigenvalue weighted by molar-refractivity contribution is -0.138. The Balaban J connectivity index is 2.58. The Hall–Kier alpha value is -1.85. The number of rotatable bonds is 4. The summed E-state index contributed by atoms with van der Waals surface area (Å²) in [5.41, 5.74) is 0.000360. The second kappa shape index (κ2) is 3.91. The first kappa shape index (κ1) is 10.2. The normalized spacial score (nSPS) is 15.6. The Bertz CT molecular complexity index is 320. The lowest BCUT2D eigenvalue weighted by atomic mass is 10.2. The lowest BCUT2D eigenvalue weighted by Gasteiger charge is -2.10. The van der Waals surface area contributed by atoms with Gasteiger partial charge in [-0.05, 0) is 0 Å². The van der Waals surface area contributed by atoms with Crippen LogP contribution in [0.25, 0.3) is 0 Å². The third-order valence-corrected chi connectivity index (χ3v) is 1.81. The molecule has 0 saturated heterocycles. The van der Waals surface area contributed by atoms with Gasteiger partial charge in [-0.1, -0.05) is 0 Å². The number of amides is 1. The minimum atomic E-state index is -1.14. The minimum absolute atomic E-state index is 0.000360. The van der Waals surface area contributed by atoms with Crippen molar-refractivity contribution in [1.29, 1.82) is 0 Å². The van der Waals surface area contributed by atoms with Crippen LogP contribution >= 0.6 is 0 Å². The SMILES string of the molecule is O=C(O)CCN1C=C(C(=O)O)CC1=O. The maximum atomic E-state index is 11.1. The van der Waals surface area contributed by atoms with Crippen LogP contribution in [-0.4, -0.2) is 39.5 Å². The Kier molecular flexibility index (Phi) is 2.85. The van der Waals surface area contributed by atoms with Crippen LogP contribution in [0.5, 0.6) is 0 Å². The number of carboxylic acid groups (broad SMARTS) is 2. The molecule has 1 rings (SSSR count). The molecule has 0 unspecified atom stereocenters. The average Bonchev–Trinajstić information content (AvgIpc) is 2.43. The summed E-state index contributed by atoms with van der Waals surface area (Å²) in [7, 11) is 0. The number of carbonyl (C=O) groups is 3. The number of carbonyl (C=O) groups excluding carboxylic acids is 1. The number of hydrogen-bond donors (Lipinski definition) is 2. The van der Waals surface area contributed by atoms with Crippen molar-refractivity contribution in [3.8, 4) is 0 Å². The zero-order valence-electron chi connectivity index (χ0n) is 7.27. The molecule has 0 aromatic heterocycles. The molecule has 0 radical (unpaired) electrons. The number of hydrogen-bond acceptors (Lipinski definition) is 3. The van der Waals surface area contributed by atoms with E-state index in [1.54, 1.807) is 0 Å². The lowest BCUT2D eigenvalue weighted by Crippen LogP contribution is -2.23. The van der Waals surface area contributed by atoms with E-state index in [1.165, 1.54) is 6.20 Å². The van der Waals surface area contributed by atoms with Crippen LogP contribution < -0.4 is 0 Å². The van der Waals surface area contributed by atoms with E-state index in [1.807, 2.05) is 0 Å². The molecular formula is C8H9NO5. The fraction of sp³-hybridized carbons (Fsp3) is 0.375. The summed E-state index contributed by atoms with van der Waals surface area (Å²) in [5, 5.41) is 16.9. The Morgan fingerprint density at radius 3 is 2.50 bits per heavy atom. The standard InChI is InChI=1S/C8H9NO5/c10-6-3-5(8(13)14)4-9(6)2-1-7(11)12/h4H,1-3H2,(H,11,12)(H,13,14). The second-order valence-electron chi connectivity index (χ2n) is 2.87. The molecule has 0 saturated carbocycles. The summed E-state index contributed by atoms with van der Waals surface area (Å²) < 4.78 is 0. The van der Waals surface area contributed by atoms with E-state index in [2.05, 4.69) is 0 Å². The monoisotopic (exact) mass is 199 g/mol. The highest BCUT2D eigenvalue weighted by Gasteiger charge is 2.25. The van der Waals surface area contributed by atoms with Crippen molar-refractivity contribution in [2.45, 2.75) is 12.8 Å². The van der Waals surface area contributed by atoms with Crippen molar-refractivity contribution in [3.05, 3.63) is 11.8 Å². The Morgan fingerprint density at radius 2 is 2.07 bits per heavy atom. The van der Waals surface area contributed by atoms with Gasteiger partial charge in [0, 0.05) is 12.7 Å². The van der Waals surface area contributed by atoms with E-state index < -0.39 is 11.9 Å². The number of carboxylic acids is 2. The molecule has 1 amide bonds. The van der Waals surface area contributed by atoms with Gasteiger partial charge in [0.1, 0.15) is 0 Å². The Labute approximate surface area is 79.4 Å². The molecule has 76 valence electrons. The quantitative estimate of drug-likeness (QED) is 0.645. The smallest absolute Gasteiger partial charge is 0.333 e. The van der Waals surface area contributed by atoms with Gasteiger partial charge in [-0.2, -0.15) is 0 Å². The van der Waals surface area contributed by atoms with Crippen LogP contribution in [0.15, 0.2) is 11.8 Å². The predicted octanol–water partition coefficient (Wildman–Crippen LogP) is -0.338. The van der Waals surface area contributed by atoms with Crippen molar-refractivity contribution in [1.82, 2.24) is 4.90 Å². The van der Waals surface area contributed by atoms with E-state index in [9.17, 15) is 14.4 Å². The molecular weight excluding hydrogens is 190 g/mol. The van der Waals surface area contributed by atoms with Gasteiger partial charge in [-0.3, -0.25) is 9.59 Å². The molecule has 14 heavy (non-hydrogen) atoms. The fourth-order valence-electron chi connectivity index (χ4n) is 1.11. The molecule has 0 bridgehead atoms. The second-order valence-corrected chi connectivity index (χ2v) is 2.87. The van der Waals surface area contributed by atoms with Crippen molar-refractivity contribution < 1.29 is 24.6 Å². The van der Waals surface area contributed by atoms with Crippen LogP contribution in [0.1, 0.15) is 12.8 Å². The van der Waals surface area contributed by atoms with Crippen LogP contribution in [0.2, 0.25) is 0 Å². The van der Waals surface area contributed by atoms with Crippen LogP contribution in [0.3, 0.4) is 0 Å². The molecule has 1 aliphatic heterocycles. The predicted molar refractivity (Wildman–Crippen MR) is 44.3 cm³/mol. The molecule has 0 aromatic carbocycles. The first-order chi connectivity index (χ1) is 6.50. The van der Waals surface area contributed by atoms with E-state index in [4.69, 9.17) is 10.2 Å². The highest BCUT2D eigenvalue weighted by atomic mass is 16.4. The molecule has 0 atom stereocenters. The summed E-state index contributed by atoms with van der Waals surface area (Å²) in [6.07, 6.45) is 0.845. The molecule has 6 heteroatoms. The molecule has 1 aliphatic rings. The van der Waals surface area contributed by atoms with Crippen LogP contribution in [0.4, 0.5) is 0 Å². The van der Waals surface area contributed by atoms with Crippen LogP contribution in [0, 0.1) is 0 Å². The molecule has 2 N–H and O–H groups in total. The van der Waals surface area contributed by atoms with Gasteiger partial charge in [-0.25, -0.2) is 4.79 Å². The zero-order chi connectivity index (χ0) is 10.7. The van der Waals surface area contributed by atoms with Gasteiger partial charge in [0.2, 0.25) is 5.91 Å². The number of nitrogens with zero attached hydrogens (tertiary/aromatic N) is 1. The summed E-state index contributed by atoms with van der Waals surface area (Å²) in [5.74, 6) is -2.53. The summed E-state index contributed by atoms with van der Waals surface area (Å²) in [6, 6.07) is 0. The van der Waals surface area contributed by atoms with Crippen molar-refractivity contribution >= 4 is 17.8 Å². The van der Waals surface area contributed by atoms with Crippen molar-refractivity contribution in [3.63, 3.8) is 0 Å². The molecule has 0 aliphatic carbocycles. The highest BCUT2D eigenvalue weighted by molar-refractivity contribution is 5.97. The van der Waals surface area contributed by atoms with Crippen molar-refractivity contribution in [2.24, 2.45) is 0 Å². The third-order valence-electron chi connectivity index (χ3n) is 1.81. The van der Waals surface area contributed by atoms with Gasteiger partial charge >= 0.3 is 11.9 Å². The van der Waals surface area contributed by atoms with Crippen molar-refractivity contribution in [2.75, 3.05) is 6.54 Å². The maximum Gasteiger partial charge on any atom is 0.333 e. The van der Waals surface area contributed by atoms with E-state index >= 15 is 0 Å². The first-order valence-corrected chi connectivity index (χ1v) is 3.96. The molecule has 0 spiro atoms. The van der Waals surface area contributed by atoms with Gasteiger partial charge in [0.15, 0.2) is 0 Å². The zero-order valence-corrected chi connectivity index (χ0v) is 7.27. The van der Waals surface area contributed by atoms with Gasteiger partial charge < -0.3 is 15.1 Å². The molecule has 0 aromatic rings. The van der Waals surface area contributed by atoms with E-state index in [0.29, 0.717) is 0 Å². The maximum absolute atomic E-state index is 11.1. The van der Waals surface area contributed by atoms with Crippen LogP contribution in [-0.2, 0) is 14.4 Å². The summed E-state index contributed by atoms with van der Waals surface area (Å²) in [4.78, 5) is 32.9.